The molecule has 3 unspecified atom stereocenters. The Morgan fingerprint density at radius 2 is 1.96 bits per heavy atom. The number of rotatable bonds is 4. The van der Waals surface area contributed by atoms with E-state index in [1.54, 1.807) is 16.2 Å². The summed E-state index contributed by atoms with van der Waals surface area (Å²) in [7, 11) is 1.38. The quantitative estimate of drug-likeness (QED) is 0.724. The van der Waals surface area contributed by atoms with Crippen LogP contribution in [0.1, 0.15) is 55.4 Å². The summed E-state index contributed by atoms with van der Waals surface area (Å²) in [5, 5.41) is 2.07. The smallest absolute Gasteiger partial charge is 0.328 e. The second-order valence-electron chi connectivity index (χ2n) is 8.12. The summed E-state index contributed by atoms with van der Waals surface area (Å²) in [5.41, 5.74) is 1.23. The Kier molecular flexibility index (Phi) is 5.71. The van der Waals surface area contributed by atoms with E-state index in [0.29, 0.717) is 18.9 Å². The number of hydrogen-bond donors (Lipinski definition) is 0. The molecule has 1 aliphatic carbocycles. The Hall–Kier alpha value is -1.89. The lowest BCUT2D eigenvalue weighted by Crippen LogP contribution is -2.47. The van der Waals surface area contributed by atoms with Crippen LogP contribution in [0.4, 0.5) is 0 Å². The highest BCUT2D eigenvalue weighted by Crippen LogP contribution is 2.40. The van der Waals surface area contributed by atoms with Crippen LogP contribution in [0.5, 0.6) is 0 Å². The van der Waals surface area contributed by atoms with E-state index in [0.717, 1.165) is 38.6 Å². The molecule has 0 N–H and O–H groups in total. The summed E-state index contributed by atoms with van der Waals surface area (Å²) in [5.74, 6) is 0.0114. The fourth-order valence-electron chi connectivity index (χ4n) is 5.13. The molecule has 3 aliphatic rings. The first-order chi connectivity index (χ1) is 13.6. The van der Waals surface area contributed by atoms with Crippen molar-refractivity contribution in [2.75, 3.05) is 13.7 Å². The number of thiophene rings is 1. The lowest BCUT2D eigenvalue weighted by atomic mass is 9.84. The van der Waals surface area contributed by atoms with Crippen molar-refractivity contribution < 1.29 is 19.1 Å². The van der Waals surface area contributed by atoms with Gasteiger partial charge in [-0.2, -0.15) is 0 Å². The average Bonchev–Trinajstić information content (AvgIpc) is 3.34. The SMILES string of the molecule is COC(=O)C1CC2CCCCC2N1C(=O)CCC(=O)N1CCc2sccc2C1. The molecule has 6 nitrogen and oxygen atoms in total. The van der Waals surface area contributed by atoms with E-state index in [-0.39, 0.29) is 36.7 Å². The van der Waals surface area contributed by atoms with Crippen molar-refractivity contribution in [1.82, 2.24) is 9.80 Å². The minimum absolute atomic E-state index is 0.0270. The molecule has 7 heteroatoms. The number of nitrogens with zero attached hydrogens (tertiary/aromatic N) is 2. The molecule has 3 heterocycles. The van der Waals surface area contributed by atoms with Gasteiger partial charge in [-0.1, -0.05) is 12.8 Å². The maximum absolute atomic E-state index is 13.0. The number of amides is 2. The Morgan fingerprint density at radius 1 is 1.18 bits per heavy atom. The first kappa shape index (κ1) is 19.4. The lowest BCUT2D eigenvalue weighted by Gasteiger charge is -2.33. The van der Waals surface area contributed by atoms with Gasteiger partial charge in [-0.05, 0) is 48.6 Å². The van der Waals surface area contributed by atoms with E-state index < -0.39 is 6.04 Å². The van der Waals surface area contributed by atoms with Crippen molar-refractivity contribution in [3.63, 3.8) is 0 Å². The normalized spacial score (nSPS) is 26.5. The van der Waals surface area contributed by atoms with Crippen molar-refractivity contribution in [2.45, 2.75) is 70.0 Å². The molecule has 2 fully saturated rings. The van der Waals surface area contributed by atoms with Gasteiger partial charge in [0.25, 0.3) is 0 Å². The summed E-state index contributed by atoms with van der Waals surface area (Å²) in [6, 6.07) is 1.73. The molecule has 4 rings (SSSR count). The molecular formula is C21H28N2O4S. The summed E-state index contributed by atoms with van der Waals surface area (Å²) < 4.78 is 4.96. The van der Waals surface area contributed by atoms with Gasteiger partial charge in [-0.15, -0.1) is 11.3 Å². The third-order valence-electron chi connectivity index (χ3n) is 6.56. The molecule has 3 atom stereocenters. The van der Waals surface area contributed by atoms with Crippen molar-refractivity contribution in [1.29, 1.82) is 0 Å². The number of methoxy groups -OCH3 is 1. The maximum atomic E-state index is 13.0. The first-order valence-electron chi connectivity index (χ1n) is 10.3. The Balaban J connectivity index is 1.38. The molecule has 1 saturated carbocycles. The first-order valence-corrected chi connectivity index (χ1v) is 11.2. The zero-order chi connectivity index (χ0) is 19.7. The summed E-state index contributed by atoms with van der Waals surface area (Å²) in [4.78, 5) is 42.9. The molecule has 0 aromatic carbocycles. The van der Waals surface area contributed by atoms with Gasteiger partial charge in [-0.3, -0.25) is 9.59 Å². The van der Waals surface area contributed by atoms with Crippen LogP contribution < -0.4 is 0 Å². The molecule has 1 aromatic rings. The van der Waals surface area contributed by atoms with Crippen LogP contribution in [0.3, 0.4) is 0 Å². The summed E-state index contributed by atoms with van der Waals surface area (Å²) in [6.07, 6.45) is 6.24. The molecule has 0 bridgehead atoms. The van der Waals surface area contributed by atoms with Gasteiger partial charge in [0.1, 0.15) is 6.04 Å². The summed E-state index contributed by atoms with van der Waals surface area (Å²) >= 11 is 1.75. The predicted octanol–water partition coefficient (Wildman–Crippen LogP) is 2.75. The molecule has 2 aliphatic heterocycles. The van der Waals surface area contributed by atoms with Crippen molar-refractivity contribution in [2.24, 2.45) is 5.92 Å². The highest BCUT2D eigenvalue weighted by atomic mass is 32.1. The van der Waals surface area contributed by atoms with E-state index in [2.05, 4.69) is 11.4 Å². The third-order valence-corrected chi connectivity index (χ3v) is 7.59. The lowest BCUT2D eigenvalue weighted by molar-refractivity contribution is -0.152. The fourth-order valence-corrected chi connectivity index (χ4v) is 6.02. The van der Waals surface area contributed by atoms with E-state index in [1.165, 1.54) is 17.6 Å². The van der Waals surface area contributed by atoms with Crippen LogP contribution in [-0.4, -0.2) is 53.3 Å². The van der Waals surface area contributed by atoms with Gasteiger partial charge >= 0.3 is 5.97 Å². The second-order valence-corrected chi connectivity index (χ2v) is 9.12. The highest BCUT2D eigenvalue weighted by molar-refractivity contribution is 7.10. The minimum Gasteiger partial charge on any atom is -0.467 e. The number of fused-ring (bicyclic) bond motifs is 2. The third kappa shape index (κ3) is 3.69. The van der Waals surface area contributed by atoms with E-state index in [9.17, 15) is 14.4 Å². The van der Waals surface area contributed by atoms with Crippen molar-refractivity contribution >= 4 is 29.1 Å². The summed E-state index contributed by atoms with van der Waals surface area (Å²) in [6.45, 7) is 1.37. The molecule has 28 heavy (non-hydrogen) atoms. The second kappa shape index (κ2) is 8.23. The molecule has 0 spiro atoms. The van der Waals surface area contributed by atoms with E-state index in [1.807, 2.05) is 4.90 Å². The monoisotopic (exact) mass is 404 g/mol. The van der Waals surface area contributed by atoms with Crippen LogP contribution in [0, 0.1) is 5.92 Å². The van der Waals surface area contributed by atoms with E-state index >= 15 is 0 Å². The molecule has 2 amide bonds. The number of hydrogen-bond acceptors (Lipinski definition) is 5. The molecule has 0 radical (unpaired) electrons. The molecular weight excluding hydrogens is 376 g/mol. The van der Waals surface area contributed by atoms with Crippen molar-refractivity contribution in [3.05, 3.63) is 21.9 Å². The van der Waals surface area contributed by atoms with Gasteiger partial charge in [0.05, 0.1) is 7.11 Å². The highest BCUT2D eigenvalue weighted by Gasteiger charge is 2.47. The standard InChI is InChI=1S/C21H28N2O4S/c1-27-21(26)17-12-14-4-2-3-5-16(14)23(17)20(25)7-6-19(24)22-10-8-18-15(13-22)9-11-28-18/h9,11,14,16-17H,2-8,10,12-13H2,1H3. The zero-order valence-electron chi connectivity index (χ0n) is 16.4. The molecule has 1 aromatic heterocycles. The number of carbonyl (C=O) groups excluding carboxylic acids is 3. The van der Waals surface area contributed by atoms with Gasteiger partial charge in [-0.25, -0.2) is 4.79 Å². The predicted molar refractivity (Wildman–Crippen MR) is 106 cm³/mol. The van der Waals surface area contributed by atoms with Gasteiger partial charge in [0.2, 0.25) is 11.8 Å². The topological polar surface area (TPSA) is 66.9 Å². The van der Waals surface area contributed by atoms with Crippen LogP contribution in [-0.2, 0) is 32.1 Å². The Labute approximate surface area is 169 Å². The molecule has 152 valence electrons. The number of likely N-dealkylation sites (tertiary alicyclic amines) is 1. The van der Waals surface area contributed by atoms with Crippen LogP contribution in [0.2, 0.25) is 0 Å². The zero-order valence-corrected chi connectivity index (χ0v) is 17.2. The number of ether oxygens (including phenoxy) is 1. The van der Waals surface area contributed by atoms with Crippen LogP contribution in [0.25, 0.3) is 0 Å². The van der Waals surface area contributed by atoms with Crippen LogP contribution >= 0.6 is 11.3 Å². The molecule has 1 saturated heterocycles. The van der Waals surface area contributed by atoms with Crippen LogP contribution in [0.15, 0.2) is 11.4 Å². The van der Waals surface area contributed by atoms with Gasteiger partial charge in [0.15, 0.2) is 0 Å². The van der Waals surface area contributed by atoms with Gasteiger partial charge in [0, 0.05) is 36.9 Å². The fraction of sp³-hybridized carbons (Fsp3) is 0.667. The van der Waals surface area contributed by atoms with Crippen molar-refractivity contribution in [3.8, 4) is 0 Å². The Bertz CT molecular complexity index is 761. The number of esters is 1. The number of carbonyl (C=O) groups is 3. The minimum atomic E-state index is -0.482. The largest absolute Gasteiger partial charge is 0.467 e. The van der Waals surface area contributed by atoms with E-state index in [4.69, 9.17) is 4.74 Å². The Morgan fingerprint density at radius 3 is 2.79 bits per heavy atom. The average molecular weight is 405 g/mol. The maximum Gasteiger partial charge on any atom is 0.328 e. The van der Waals surface area contributed by atoms with Gasteiger partial charge < -0.3 is 14.5 Å².